The van der Waals surface area contributed by atoms with Gasteiger partial charge in [-0.1, -0.05) is 60.7 Å². The third-order valence-corrected chi connectivity index (χ3v) is 4.91. The second-order valence-electron chi connectivity index (χ2n) is 6.41. The van der Waals surface area contributed by atoms with Gasteiger partial charge < -0.3 is 15.1 Å². The van der Waals surface area contributed by atoms with Gasteiger partial charge in [0.1, 0.15) is 5.60 Å². The number of aliphatic hydroxyl groups is 2. The van der Waals surface area contributed by atoms with Crippen LogP contribution in [0.5, 0.6) is 0 Å². The Morgan fingerprint density at radius 2 is 1.64 bits per heavy atom. The van der Waals surface area contributed by atoms with Crippen molar-refractivity contribution in [1.29, 1.82) is 0 Å². The first-order chi connectivity index (χ1) is 10.6. The van der Waals surface area contributed by atoms with E-state index in [1.807, 2.05) is 60.7 Å². The molecule has 4 atom stereocenters. The van der Waals surface area contributed by atoms with Gasteiger partial charge in [0, 0.05) is 6.42 Å². The topological polar surface area (TPSA) is 44.9 Å². The number of hydrogen-bond acceptors (Lipinski definition) is 2. The van der Waals surface area contributed by atoms with E-state index in [-0.39, 0.29) is 5.92 Å². The van der Waals surface area contributed by atoms with E-state index in [0.29, 0.717) is 6.42 Å². The maximum absolute atomic E-state index is 11.4. The molecule has 116 valence electrons. The molecule has 1 saturated heterocycles. The van der Waals surface area contributed by atoms with Crippen LogP contribution in [0.25, 0.3) is 0 Å². The molecule has 3 N–H and O–H groups in total. The van der Waals surface area contributed by atoms with Gasteiger partial charge in [-0.3, -0.25) is 0 Å². The Labute approximate surface area is 131 Å². The van der Waals surface area contributed by atoms with Gasteiger partial charge in [-0.25, -0.2) is 0 Å². The third kappa shape index (κ3) is 2.80. The maximum Gasteiger partial charge on any atom is 0.106 e. The minimum absolute atomic E-state index is 0.217. The largest absolute Gasteiger partial charge is 0.388 e. The highest BCUT2D eigenvalue weighted by Gasteiger charge is 2.48. The van der Waals surface area contributed by atoms with Gasteiger partial charge in [0.25, 0.3) is 0 Å². The molecule has 0 aliphatic carbocycles. The zero-order chi connectivity index (χ0) is 15.6. The fourth-order valence-corrected chi connectivity index (χ4v) is 3.58. The normalized spacial score (nSPS) is 30.0. The molecule has 1 aliphatic heterocycles. The number of quaternary nitrogens is 1. The molecule has 0 amide bonds. The molecule has 0 spiro atoms. The molecular formula is C19H24NO2+. The smallest absolute Gasteiger partial charge is 0.106 e. The molecule has 3 heteroatoms. The molecule has 22 heavy (non-hydrogen) atoms. The third-order valence-electron chi connectivity index (χ3n) is 4.91. The van der Waals surface area contributed by atoms with E-state index >= 15 is 0 Å². The van der Waals surface area contributed by atoms with Crippen LogP contribution in [0.3, 0.4) is 0 Å². The molecule has 2 aromatic carbocycles. The summed E-state index contributed by atoms with van der Waals surface area (Å²) in [6.45, 7) is 1.66. The van der Waals surface area contributed by atoms with Gasteiger partial charge in [-0.15, -0.1) is 0 Å². The van der Waals surface area contributed by atoms with Crippen molar-refractivity contribution in [3.8, 4) is 0 Å². The molecule has 1 fully saturated rings. The van der Waals surface area contributed by atoms with Crippen LogP contribution in [0.15, 0.2) is 60.7 Å². The zero-order valence-corrected chi connectivity index (χ0v) is 12.9. The average Bonchev–Trinajstić information content (AvgIpc) is 2.58. The molecule has 0 bridgehead atoms. The van der Waals surface area contributed by atoms with Crippen LogP contribution in [-0.2, 0) is 5.60 Å². The van der Waals surface area contributed by atoms with Gasteiger partial charge in [-0.05, 0) is 11.1 Å². The first kappa shape index (κ1) is 15.2. The van der Waals surface area contributed by atoms with Crippen molar-refractivity contribution in [2.45, 2.75) is 18.1 Å². The van der Waals surface area contributed by atoms with E-state index in [1.54, 1.807) is 0 Å². The molecule has 1 aliphatic rings. The average molecular weight is 298 g/mol. The number of likely N-dealkylation sites (tertiary alicyclic amines) is 1. The summed E-state index contributed by atoms with van der Waals surface area (Å²) >= 11 is 0. The molecule has 3 nitrogen and oxygen atoms in total. The molecule has 0 radical (unpaired) electrons. The van der Waals surface area contributed by atoms with Crippen molar-refractivity contribution >= 4 is 0 Å². The Hall–Kier alpha value is -1.68. The van der Waals surface area contributed by atoms with E-state index < -0.39 is 11.7 Å². The molecule has 1 unspecified atom stereocenters. The van der Waals surface area contributed by atoms with Crippen LogP contribution in [0.1, 0.15) is 23.7 Å². The number of aliphatic hydroxyl groups excluding tert-OH is 1. The van der Waals surface area contributed by atoms with Crippen molar-refractivity contribution in [2.24, 2.45) is 5.92 Å². The minimum atomic E-state index is -0.976. The van der Waals surface area contributed by atoms with Crippen molar-refractivity contribution in [2.75, 3.05) is 20.1 Å². The SMILES string of the molecule is C[NH+]1CC[C@@](O)(c2ccccc2)[C@H]([C@H](O)c2ccccc2)C1. The highest BCUT2D eigenvalue weighted by atomic mass is 16.3. The fourth-order valence-electron chi connectivity index (χ4n) is 3.58. The quantitative estimate of drug-likeness (QED) is 0.796. The van der Waals surface area contributed by atoms with Crippen molar-refractivity contribution in [3.63, 3.8) is 0 Å². The number of benzene rings is 2. The van der Waals surface area contributed by atoms with Crippen molar-refractivity contribution in [3.05, 3.63) is 71.8 Å². The summed E-state index contributed by atoms with van der Waals surface area (Å²) in [7, 11) is 2.12. The number of rotatable bonds is 3. The molecule has 2 aromatic rings. The van der Waals surface area contributed by atoms with Crippen molar-refractivity contribution in [1.82, 2.24) is 0 Å². The van der Waals surface area contributed by atoms with Crippen LogP contribution in [0.4, 0.5) is 0 Å². The Kier molecular flexibility index (Phi) is 4.30. The highest BCUT2D eigenvalue weighted by Crippen LogP contribution is 2.40. The van der Waals surface area contributed by atoms with Crippen LogP contribution >= 0.6 is 0 Å². The number of hydrogen-bond donors (Lipinski definition) is 3. The van der Waals surface area contributed by atoms with Gasteiger partial charge in [0.2, 0.25) is 0 Å². The summed E-state index contributed by atoms with van der Waals surface area (Å²) in [5.41, 5.74) is 0.801. The van der Waals surface area contributed by atoms with Gasteiger partial charge in [-0.2, -0.15) is 0 Å². The number of piperidine rings is 1. The van der Waals surface area contributed by atoms with Crippen LogP contribution in [0.2, 0.25) is 0 Å². The predicted molar refractivity (Wildman–Crippen MR) is 86.5 cm³/mol. The summed E-state index contributed by atoms with van der Waals surface area (Å²) in [5.74, 6) is -0.217. The summed E-state index contributed by atoms with van der Waals surface area (Å²) in [6.07, 6.45) is -0.00104. The number of nitrogens with one attached hydrogen (secondary N) is 1. The summed E-state index contributed by atoms with van der Waals surface area (Å²) < 4.78 is 0. The van der Waals surface area contributed by atoms with E-state index in [4.69, 9.17) is 0 Å². The van der Waals surface area contributed by atoms with Gasteiger partial charge in [0.15, 0.2) is 0 Å². The first-order valence-electron chi connectivity index (χ1n) is 7.93. The van der Waals surface area contributed by atoms with Crippen LogP contribution in [-0.4, -0.2) is 30.4 Å². The molecule has 1 heterocycles. The molecule has 0 aromatic heterocycles. The zero-order valence-electron chi connectivity index (χ0n) is 12.9. The van der Waals surface area contributed by atoms with Gasteiger partial charge >= 0.3 is 0 Å². The molecule has 3 rings (SSSR count). The van der Waals surface area contributed by atoms with E-state index in [9.17, 15) is 10.2 Å². The Morgan fingerprint density at radius 1 is 1.05 bits per heavy atom. The lowest BCUT2D eigenvalue weighted by molar-refractivity contribution is -0.893. The lowest BCUT2D eigenvalue weighted by atomic mass is 9.72. The maximum atomic E-state index is 11.4. The second kappa shape index (κ2) is 6.21. The van der Waals surface area contributed by atoms with E-state index in [0.717, 1.165) is 24.2 Å². The summed E-state index contributed by atoms with van der Waals surface area (Å²) in [5, 5.41) is 22.3. The monoisotopic (exact) mass is 298 g/mol. The summed E-state index contributed by atoms with van der Waals surface area (Å²) in [6, 6.07) is 19.4. The van der Waals surface area contributed by atoms with Crippen molar-refractivity contribution < 1.29 is 15.1 Å². The first-order valence-corrected chi connectivity index (χ1v) is 7.93. The summed E-state index contributed by atoms with van der Waals surface area (Å²) in [4.78, 5) is 1.35. The van der Waals surface area contributed by atoms with E-state index in [1.165, 1.54) is 4.90 Å². The lowest BCUT2D eigenvalue weighted by Gasteiger charge is -2.44. The second-order valence-corrected chi connectivity index (χ2v) is 6.41. The predicted octanol–water partition coefficient (Wildman–Crippen LogP) is 1.14. The molecular weight excluding hydrogens is 274 g/mol. The lowest BCUT2D eigenvalue weighted by Crippen LogP contribution is -3.11. The fraction of sp³-hybridized carbons (Fsp3) is 0.368. The minimum Gasteiger partial charge on any atom is -0.388 e. The van der Waals surface area contributed by atoms with Crippen LogP contribution in [0, 0.1) is 5.92 Å². The Bertz CT molecular complexity index is 601. The Balaban J connectivity index is 1.97. The highest BCUT2D eigenvalue weighted by molar-refractivity contribution is 5.27. The van der Waals surface area contributed by atoms with E-state index in [2.05, 4.69) is 7.05 Å². The van der Waals surface area contributed by atoms with Crippen LogP contribution < -0.4 is 4.90 Å². The molecule has 0 saturated carbocycles. The standard InChI is InChI=1S/C19H23NO2/c1-20-13-12-19(22,16-10-6-3-7-11-16)17(14-20)18(21)15-8-4-2-5-9-15/h2-11,17-18,21-22H,12-14H2,1H3/p+1/t17-,18+,19+/m0/s1. The Morgan fingerprint density at radius 3 is 2.27 bits per heavy atom. The van der Waals surface area contributed by atoms with Gasteiger partial charge in [0.05, 0.1) is 32.2 Å².